The predicted octanol–water partition coefficient (Wildman–Crippen LogP) is 2.94. The van der Waals surface area contributed by atoms with Crippen LogP contribution in [-0.4, -0.2) is 11.2 Å². The van der Waals surface area contributed by atoms with Gasteiger partial charge in [0, 0.05) is 4.22 Å². The summed E-state index contributed by atoms with van der Waals surface area (Å²) in [5.74, 6) is 0. The van der Waals surface area contributed by atoms with Crippen LogP contribution >= 0.6 is 15.9 Å². The summed E-state index contributed by atoms with van der Waals surface area (Å²) in [6.45, 7) is -1.47. The molecule has 0 N–H and O–H groups in total. The van der Waals surface area contributed by atoms with E-state index < -0.39 is 16.6 Å². The van der Waals surface area contributed by atoms with Gasteiger partial charge in [0.05, 0.1) is 0 Å². The van der Waals surface area contributed by atoms with E-state index in [1.165, 1.54) is 0 Å². The maximum atomic E-state index is 12.1. The summed E-state index contributed by atoms with van der Waals surface area (Å²) in [4.78, 5) is 0. The van der Waals surface area contributed by atoms with Crippen LogP contribution in [-0.2, 0) is 0 Å². The summed E-state index contributed by atoms with van der Waals surface area (Å²) in [5.41, 5.74) is -0.592. The van der Waals surface area contributed by atoms with Crippen LogP contribution in [0.25, 0.3) is 0 Å². The van der Waals surface area contributed by atoms with Gasteiger partial charge in [-0.15, -0.1) is 15.9 Å². The Bertz CT molecular complexity index is 165. The van der Waals surface area contributed by atoms with E-state index in [0.717, 1.165) is 0 Å². The second kappa shape index (κ2) is 1.73. The third-order valence-corrected chi connectivity index (χ3v) is 4.09. The van der Waals surface area contributed by atoms with E-state index in [2.05, 4.69) is 15.9 Å². The van der Waals surface area contributed by atoms with Gasteiger partial charge < -0.3 is 12.9 Å². The normalized spacial score (nSPS) is 37.8. The highest BCUT2D eigenvalue weighted by Gasteiger charge is 2.68. The van der Waals surface area contributed by atoms with Crippen molar-refractivity contribution < 1.29 is 12.9 Å². The van der Waals surface area contributed by atoms with Crippen molar-refractivity contribution in [1.29, 1.82) is 0 Å². The maximum Gasteiger partial charge on any atom is 0.495 e. The van der Waals surface area contributed by atoms with E-state index >= 15 is 0 Å². The second-order valence-electron chi connectivity index (χ2n) is 3.50. The molecule has 1 unspecified atom stereocenters. The predicted molar refractivity (Wildman–Crippen MR) is 39.1 cm³/mol. The quantitative estimate of drug-likeness (QED) is 0.466. The molecule has 0 bridgehead atoms. The van der Waals surface area contributed by atoms with Gasteiger partial charge in [-0.25, -0.2) is 0 Å². The summed E-state index contributed by atoms with van der Waals surface area (Å²) in [7, 11) is 0. The highest BCUT2D eigenvalue weighted by Crippen LogP contribution is 2.66. The molecule has 1 aliphatic carbocycles. The van der Waals surface area contributed by atoms with Crippen LogP contribution < -0.4 is 0 Å². The Balaban J connectivity index is 2.78. The number of hydrogen-bond acceptors (Lipinski definition) is 0. The van der Waals surface area contributed by atoms with Gasteiger partial charge in [0.25, 0.3) is 0 Å². The second-order valence-corrected chi connectivity index (χ2v) is 4.91. The molecule has 0 aromatic rings. The summed E-state index contributed by atoms with van der Waals surface area (Å²) in [6.07, 6.45) is 0.212. The van der Waals surface area contributed by atoms with Crippen molar-refractivity contribution in [2.24, 2.45) is 5.41 Å². The Morgan fingerprint density at radius 3 is 1.60 bits per heavy atom. The number of alkyl halides is 1. The molecule has 0 aliphatic heterocycles. The zero-order valence-corrected chi connectivity index (χ0v) is 7.38. The maximum absolute atomic E-state index is 12.1. The largest absolute Gasteiger partial charge is 0.495 e. The summed E-state index contributed by atoms with van der Waals surface area (Å²) < 4.78 is 34.9. The fourth-order valence-corrected chi connectivity index (χ4v) is 1.86. The minimum absolute atomic E-state index is 0.212. The highest BCUT2D eigenvalue weighted by molar-refractivity contribution is 9.10. The molecule has 0 radical (unpaired) electrons. The zero-order valence-electron chi connectivity index (χ0n) is 5.80. The minimum Gasteiger partial charge on any atom is -0.448 e. The smallest absolute Gasteiger partial charge is 0.448 e. The zero-order chi connectivity index (χ0) is 8.21. The minimum atomic E-state index is -4.72. The van der Waals surface area contributed by atoms with Crippen molar-refractivity contribution in [1.82, 2.24) is 0 Å². The molecule has 0 aromatic heterocycles. The number of halogens is 4. The van der Waals surface area contributed by atoms with Crippen LogP contribution in [0.3, 0.4) is 0 Å². The molecule has 1 saturated carbocycles. The monoisotopic (exact) mass is 215 g/mol. The molecule has 0 amide bonds. The lowest BCUT2D eigenvalue weighted by molar-refractivity contribution is 0.441. The molecule has 1 fully saturated rings. The van der Waals surface area contributed by atoms with Crippen LogP contribution in [0.2, 0.25) is 0 Å². The van der Waals surface area contributed by atoms with Crippen LogP contribution in [0, 0.1) is 5.41 Å². The standard InChI is InChI=1S/C5H8BBrF3/c1-4(2)3-5(4,7)6(8,9)10/h3H2,1-2H3/q-1. The topological polar surface area (TPSA) is 0 Å². The first-order valence-electron chi connectivity index (χ1n) is 3.09. The molecule has 10 heavy (non-hydrogen) atoms. The van der Waals surface area contributed by atoms with Crippen LogP contribution in [0.5, 0.6) is 0 Å². The average molecular weight is 216 g/mol. The van der Waals surface area contributed by atoms with E-state index in [-0.39, 0.29) is 6.42 Å². The summed E-state index contributed by atoms with van der Waals surface area (Å²) >= 11 is 2.73. The fourth-order valence-electron chi connectivity index (χ4n) is 1.16. The van der Waals surface area contributed by atoms with Gasteiger partial charge in [0.2, 0.25) is 0 Å². The van der Waals surface area contributed by atoms with Crippen LogP contribution in [0.4, 0.5) is 12.9 Å². The van der Waals surface area contributed by atoms with E-state index in [1.54, 1.807) is 13.8 Å². The molecule has 5 heteroatoms. The lowest BCUT2D eigenvalue weighted by Gasteiger charge is -2.24. The van der Waals surface area contributed by atoms with E-state index in [9.17, 15) is 12.9 Å². The van der Waals surface area contributed by atoms with Gasteiger partial charge >= 0.3 is 6.98 Å². The van der Waals surface area contributed by atoms with Crippen molar-refractivity contribution in [3.63, 3.8) is 0 Å². The van der Waals surface area contributed by atoms with Crippen molar-refractivity contribution in [3.8, 4) is 0 Å². The molecule has 0 spiro atoms. The first kappa shape index (κ1) is 8.43. The Labute approximate surface area is 66.4 Å². The molecule has 0 nitrogen and oxygen atoms in total. The molecule has 0 aromatic carbocycles. The van der Waals surface area contributed by atoms with Crippen molar-refractivity contribution in [3.05, 3.63) is 0 Å². The van der Waals surface area contributed by atoms with Gasteiger partial charge in [-0.05, 0) is 5.41 Å². The Kier molecular flexibility index (Phi) is 1.46. The highest BCUT2D eigenvalue weighted by atomic mass is 79.9. The lowest BCUT2D eigenvalue weighted by Crippen LogP contribution is -2.35. The SMILES string of the molecule is CC1(C)CC1(Br)[B-](F)(F)F. The van der Waals surface area contributed by atoms with Gasteiger partial charge in [-0.2, -0.15) is 0 Å². The molecular weight excluding hydrogens is 208 g/mol. The Morgan fingerprint density at radius 2 is 1.60 bits per heavy atom. The van der Waals surface area contributed by atoms with Gasteiger partial charge in [0.15, 0.2) is 0 Å². The van der Waals surface area contributed by atoms with Crippen molar-refractivity contribution in [2.75, 3.05) is 0 Å². The molecule has 1 rings (SSSR count). The average Bonchev–Trinajstić information content (AvgIpc) is 2.05. The van der Waals surface area contributed by atoms with Crippen molar-refractivity contribution in [2.45, 2.75) is 24.5 Å². The summed E-state index contributed by atoms with van der Waals surface area (Å²) in [6, 6.07) is 0. The fraction of sp³-hybridized carbons (Fsp3) is 1.00. The van der Waals surface area contributed by atoms with E-state index in [4.69, 9.17) is 0 Å². The number of hydrogen-bond donors (Lipinski definition) is 0. The third-order valence-electron chi connectivity index (χ3n) is 2.22. The van der Waals surface area contributed by atoms with Gasteiger partial charge in [-0.3, -0.25) is 0 Å². The van der Waals surface area contributed by atoms with Gasteiger partial charge in [0.1, 0.15) is 0 Å². The third kappa shape index (κ3) is 0.899. The van der Waals surface area contributed by atoms with E-state index in [0.29, 0.717) is 0 Å². The Morgan fingerprint density at radius 1 is 1.30 bits per heavy atom. The van der Waals surface area contributed by atoms with E-state index in [1.807, 2.05) is 0 Å². The van der Waals surface area contributed by atoms with Crippen LogP contribution in [0.15, 0.2) is 0 Å². The molecule has 1 aliphatic rings. The first-order valence-corrected chi connectivity index (χ1v) is 3.88. The summed E-state index contributed by atoms with van der Waals surface area (Å²) in [5, 5.41) is 0. The Hall–Kier alpha value is 0.335. The lowest BCUT2D eigenvalue weighted by atomic mass is 9.78. The van der Waals surface area contributed by atoms with Crippen molar-refractivity contribution >= 4 is 22.9 Å². The molecule has 0 saturated heterocycles. The van der Waals surface area contributed by atoms with Gasteiger partial charge in [-0.1, -0.05) is 20.3 Å². The first-order chi connectivity index (χ1) is 4.21. The van der Waals surface area contributed by atoms with Crippen LogP contribution in [0.1, 0.15) is 20.3 Å². The molecule has 1 atom stereocenters. The molecule has 60 valence electrons. The molecule has 0 heterocycles. The molecular formula is C5H8BBrF3-. The number of rotatable bonds is 1.